The minimum atomic E-state index is -0.273. The molecular formula is C18H18FN5O. The second-order valence-corrected chi connectivity index (χ2v) is 6.28. The molecule has 7 heteroatoms. The van der Waals surface area contributed by atoms with Crippen molar-refractivity contribution in [2.45, 2.75) is 12.5 Å². The summed E-state index contributed by atoms with van der Waals surface area (Å²) in [5.41, 5.74) is 3.35. The van der Waals surface area contributed by atoms with Crippen molar-refractivity contribution in [1.82, 2.24) is 24.5 Å². The molecule has 0 radical (unpaired) electrons. The van der Waals surface area contributed by atoms with Gasteiger partial charge in [0.15, 0.2) is 0 Å². The van der Waals surface area contributed by atoms with Crippen LogP contribution in [-0.4, -0.2) is 44.0 Å². The lowest BCUT2D eigenvalue weighted by Crippen LogP contribution is -2.20. The highest BCUT2D eigenvalue weighted by atomic mass is 19.1. The van der Waals surface area contributed by atoms with E-state index in [2.05, 4.69) is 5.10 Å². The van der Waals surface area contributed by atoms with Crippen LogP contribution in [0.4, 0.5) is 4.39 Å². The van der Waals surface area contributed by atoms with E-state index in [1.165, 1.54) is 12.1 Å². The molecule has 1 unspecified atom stereocenters. The zero-order valence-corrected chi connectivity index (χ0v) is 13.8. The van der Waals surface area contributed by atoms with Gasteiger partial charge in [0, 0.05) is 31.9 Å². The van der Waals surface area contributed by atoms with E-state index in [4.69, 9.17) is 5.10 Å². The van der Waals surface area contributed by atoms with Gasteiger partial charge in [-0.05, 0) is 42.8 Å². The van der Waals surface area contributed by atoms with Crippen molar-refractivity contribution in [3.05, 3.63) is 48.4 Å². The van der Waals surface area contributed by atoms with Crippen LogP contribution in [0.25, 0.3) is 22.6 Å². The van der Waals surface area contributed by atoms with Crippen LogP contribution in [-0.2, 0) is 11.8 Å². The molecule has 1 aliphatic heterocycles. The molecule has 3 aromatic rings. The smallest absolute Gasteiger partial charge is 0.209 e. The summed E-state index contributed by atoms with van der Waals surface area (Å²) in [6, 6.07) is 10.3. The van der Waals surface area contributed by atoms with Gasteiger partial charge in [-0.3, -0.25) is 14.2 Å². The fourth-order valence-electron chi connectivity index (χ4n) is 3.24. The molecule has 0 bridgehead atoms. The van der Waals surface area contributed by atoms with E-state index < -0.39 is 0 Å². The Morgan fingerprint density at radius 2 is 1.96 bits per heavy atom. The van der Waals surface area contributed by atoms with Gasteiger partial charge < -0.3 is 4.90 Å². The molecule has 1 aliphatic rings. The summed E-state index contributed by atoms with van der Waals surface area (Å²) in [5.74, 6) is -0.273. The van der Waals surface area contributed by atoms with Gasteiger partial charge in [-0.1, -0.05) is 0 Å². The normalized spacial score (nSPS) is 17.2. The molecule has 0 saturated carbocycles. The minimum absolute atomic E-state index is 0.108. The summed E-state index contributed by atoms with van der Waals surface area (Å²) < 4.78 is 16.9. The Bertz CT molecular complexity index is 899. The Morgan fingerprint density at radius 1 is 1.16 bits per heavy atom. The van der Waals surface area contributed by atoms with Gasteiger partial charge in [0.05, 0.1) is 17.4 Å². The van der Waals surface area contributed by atoms with Crippen molar-refractivity contribution in [1.29, 1.82) is 0 Å². The molecular weight excluding hydrogens is 321 g/mol. The van der Waals surface area contributed by atoms with Crippen LogP contribution >= 0.6 is 0 Å². The lowest BCUT2D eigenvalue weighted by Gasteiger charge is -2.14. The number of carbonyl (C=O) groups excluding carboxylic acids is 1. The van der Waals surface area contributed by atoms with E-state index in [1.807, 2.05) is 30.1 Å². The first kappa shape index (κ1) is 15.6. The number of likely N-dealkylation sites (tertiary alicyclic amines) is 1. The van der Waals surface area contributed by atoms with Crippen molar-refractivity contribution < 1.29 is 9.18 Å². The molecule has 2 aromatic heterocycles. The number of hydrogen-bond acceptors (Lipinski definition) is 3. The van der Waals surface area contributed by atoms with Gasteiger partial charge in [-0.25, -0.2) is 4.39 Å². The van der Waals surface area contributed by atoms with Crippen molar-refractivity contribution in [2.24, 2.45) is 7.05 Å². The van der Waals surface area contributed by atoms with Gasteiger partial charge in [0.2, 0.25) is 6.41 Å². The van der Waals surface area contributed by atoms with Crippen LogP contribution in [0.5, 0.6) is 0 Å². The fraction of sp³-hybridized carbons (Fsp3) is 0.278. The summed E-state index contributed by atoms with van der Waals surface area (Å²) in [4.78, 5) is 12.8. The van der Waals surface area contributed by atoms with Crippen LogP contribution in [0.1, 0.15) is 12.5 Å². The monoisotopic (exact) mass is 339 g/mol. The number of halogens is 1. The Hall–Kier alpha value is -2.96. The van der Waals surface area contributed by atoms with Gasteiger partial charge >= 0.3 is 0 Å². The largest absolute Gasteiger partial charge is 0.343 e. The molecule has 0 spiro atoms. The summed E-state index contributed by atoms with van der Waals surface area (Å²) >= 11 is 0. The summed E-state index contributed by atoms with van der Waals surface area (Å²) in [6.07, 6.45) is 3.62. The standard InChI is InChI=1S/C18H18FN5O/c1-22-8-7-16(20-22)18-10-17(13-2-4-14(19)5-3-13)21-24(18)15-6-9-23(11-15)12-25/h2-5,7-8,10,12,15H,6,9,11H2,1H3. The second-order valence-electron chi connectivity index (χ2n) is 6.28. The molecule has 0 aliphatic carbocycles. The predicted octanol–water partition coefficient (Wildman–Crippen LogP) is 2.49. The molecule has 1 aromatic carbocycles. The third-order valence-electron chi connectivity index (χ3n) is 4.54. The van der Waals surface area contributed by atoms with Crippen molar-refractivity contribution in [3.8, 4) is 22.6 Å². The van der Waals surface area contributed by atoms with Crippen LogP contribution in [0.15, 0.2) is 42.6 Å². The number of aryl methyl sites for hydroxylation is 1. The average molecular weight is 339 g/mol. The highest BCUT2D eigenvalue weighted by Crippen LogP contribution is 2.31. The third kappa shape index (κ3) is 2.93. The van der Waals surface area contributed by atoms with Crippen LogP contribution in [0, 0.1) is 5.82 Å². The quantitative estimate of drug-likeness (QED) is 0.686. The van der Waals surface area contributed by atoms with Gasteiger partial charge in [-0.15, -0.1) is 0 Å². The van der Waals surface area contributed by atoms with Crippen molar-refractivity contribution >= 4 is 6.41 Å². The zero-order valence-electron chi connectivity index (χ0n) is 13.8. The van der Waals surface area contributed by atoms with Crippen LogP contribution in [0.2, 0.25) is 0 Å². The first-order valence-corrected chi connectivity index (χ1v) is 8.19. The summed E-state index contributed by atoms with van der Waals surface area (Å²) in [5, 5.41) is 9.23. The highest BCUT2D eigenvalue weighted by Gasteiger charge is 2.27. The molecule has 25 heavy (non-hydrogen) atoms. The Balaban J connectivity index is 1.78. The minimum Gasteiger partial charge on any atom is -0.343 e. The van der Waals surface area contributed by atoms with Crippen molar-refractivity contribution in [2.75, 3.05) is 13.1 Å². The third-order valence-corrected chi connectivity index (χ3v) is 4.54. The summed E-state index contributed by atoms with van der Waals surface area (Å²) in [7, 11) is 1.87. The molecule has 1 saturated heterocycles. The SMILES string of the molecule is Cn1ccc(-c2cc(-c3ccc(F)cc3)nn2C2CCN(C=O)C2)n1. The predicted molar refractivity (Wildman–Crippen MR) is 91.1 cm³/mol. The highest BCUT2D eigenvalue weighted by molar-refractivity contribution is 5.67. The number of hydrogen-bond donors (Lipinski definition) is 0. The number of amides is 1. The molecule has 1 fully saturated rings. The fourth-order valence-corrected chi connectivity index (χ4v) is 3.24. The maximum atomic E-state index is 13.2. The van der Waals surface area contributed by atoms with E-state index in [0.29, 0.717) is 6.54 Å². The van der Waals surface area contributed by atoms with Gasteiger partial charge in [0.1, 0.15) is 11.5 Å². The van der Waals surface area contributed by atoms with Gasteiger partial charge in [0.25, 0.3) is 0 Å². The van der Waals surface area contributed by atoms with Crippen LogP contribution < -0.4 is 0 Å². The number of rotatable bonds is 4. The maximum absolute atomic E-state index is 13.2. The summed E-state index contributed by atoms with van der Waals surface area (Å²) in [6.45, 7) is 1.36. The zero-order chi connectivity index (χ0) is 17.4. The number of carbonyl (C=O) groups is 1. The van der Waals surface area contributed by atoms with Gasteiger partial charge in [-0.2, -0.15) is 10.2 Å². The molecule has 1 amide bonds. The molecule has 0 N–H and O–H groups in total. The van der Waals surface area contributed by atoms with E-state index in [-0.39, 0.29) is 11.9 Å². The molecule has 1 atom stereocenters. The Labute approximate surface area is 144 Å². The lowest BCUT2D eigenvalue weighted by atomic mass is 10.1. The second kappa shape index (κ2) is 6.16. The van der Waals surface area contributed by atoms with E-state index in [0.717, 1.165) is 42.0 Å². The van der Waals surface area contributed by atoms with E-state index in [9.17, 15) is 9.18 Å². The Kier molecular flexibility index (Phi) is 3.83. The lowest BCUT2D eigenvalue weighted by molar-refractivity contribution is -0.117. The topological polar surface area (TPSA) is 56.0 Å². The van der Waals surface area contributed by atoms with Crippen molar-refractivity contribution in [3.63, 3.8) is 0 Å². The first-order valence-electron chi connectivity index (χ1n) is 8.19. The van der Waals surface area contributed by atoms with E-state index >= 15 is 0 Å². The number of nitrogens with zero attached hydrogens (tertiary/aromatic N) is 5. The molecule has 6 nitrogen and oxygen atoms in total. The van der Waals surface area contributed by atoms with Crippen LogP contribution in [0.3, 0.4) is 0 Å². The molecule has 128 valence electrons. The maximum Gasteiger partial charge on any atom is 0.209 e. The number of aromatic nitrogens is 4. The first-order chi connectivity index (χ1) is 12.1. The Morgan fingerprint density at radius 3 is 2.60 bits per heavy atom. The average Bonchev–Trinajstić information content (AvgIpc) is 3.33. The molecule has 4 rings (SSSR count). The molecule has 3 heterocycles. The van der Waals surface area contributed by atoms with E-state index in [1.54, 1.807) is 21.7 Å². The number of benzene rings is 1.